The molecule has 0 amide bonds. The van der Waals surface area contributed by atoms with E-state index in [4.69, 9.17) is 9.47 Å². The van der Waals surface area contributed by atoms with Gasteiger partial charge in [-0.1, -0.05) is 28.1 Å². The first kappa shape index (κ1) is 15.0. The predicted molar refractivity (Wildman–Crippen MR) is 80.2 cm³/mol. The molecule has 0 saturated carbocycles. The fraction of sp³-hybridized carbons (Fsp3) is 0.600. The number of fused-ring (bicyclic) bond motifs is 1. The molecule has 1 aromatic carbocycles. The standard InChI is InChI=1S/C15H22BrNO2/c1-3-18-15(19-4-2)10-17-14-9-8-11-12(14)6-5-7-13(11)16/h5-7,14-15,17H,3-4,8-10H2,1-2H3. The number of benzene rings is 1. The summed E-state index contributed by atoms with van der Waals surface area (Å²) in [7, 11) is 0. The second kappa shape index (κ2) is 7.39. The quantitative estimate of drug-likeness (QED) is 0.778. The molecule has 0 fully saturated rings. The van der Waals surface area contributed by atoms with Gasteiger partial charge >= 0.3 is 0 Å². The zero-order valence-electron chi connectivity index (χ0n) is 11.6. The van der Waals surface area contributed by atoms with Crippen molar-refractivity contribution in [3.8, 4) is 0 Å². The van der Waals surface area contributed by atoms with Crippen molar-refractivity contribution in [1.82, 2.24) is 5.32 Å². The molecular weight excluding hydrogens is 306 g/mol. The molecule has 4 heteroatoms. The summed E-state index contributed by atoms with van der Waals surface area (Å²) in [5.41, 5.74) is 2.84. The van der Waals surface area contributed by atoms with Gasteiger partial charge in [-0.2, -0.15) is 0 Å². The van der Waals surface area contributed by atoms with Crippen molar-refractivity contribution < 1.29 is 9.47 Å². The Morgan fingerprint density at radius 3 is 2.74 bits per heavy atom. The van der Waals surface area contributed by atoms with Crippen molar-refractivity contribution in [1.29, 1.82) is 0 Å². The van der Waals surface area contributed by atoms with E-state index in [1.807, 2.05) is 13.8 Å². The monoisotopic (exact) mass is 327 g/mol. The highest BCUT2D eigenvalue weighted by molar-refractivity contribution is 9.10. The summed E-state index contributed by atoms with van der Waals surface area (Å²) in [6, 6.07) is 6.84. The lowest BCUT2D eigenvalue weighted by atomic mass is 10.1. The second-order valence-electron chi connectivity index (χ2n) is 4.65. The van der Waals surface area contributed by atoms with E-state index in [0.29, 0.717) is 19.3 Å². The van der Waals surface area contributed by atoms with E-state index in [-0.39, 0.29) is 6.29 Å². The van der Waals surface area contributed by atoms with E-state index in [9.17, 15) is 0 Å². The van der Waals surface area contributed by atoms with E-state index >= 15 is 0 Å². The number of hydrogen-bond donors (Lipinski definition) is 1. The van der Waals surface area contributed by atoms with Crippen LogP contribution in [0.2, 0.25) is 0 Å². The lowest BCUT2D eigenvalue weighted by Gasteiger charge is -2.21. The maximum Gasteiger partial charge on any atom is 0.169 e. The van der Waals surface area contributed by atoms with E-state index in [1.54, 1.807) is 0 Å². The highest BCUT2D eigenvalue weighted by atomic mass is 79.9. The molecule has 0 bridgehead atoms. The van der Waals surface area contributed by atoms with Gasteiger partial charge in [0.25, 0.3) is 0 Å². The molecule has 0 spiro atoms. The van der Waals surface area contributed by atoms with Crippen LogP contribution in [-0.4, -0.2) is 26.0 Å². The summed E-state index contributed by atoms with van der Waals surface area (Å²) in [5, 5.41) is 3.56. The SMILES string of the molecule is CCOC(CNC1CCc2c(Br)cccc21)OCC. The minimum atomic E-state index is -0.147. The molecular formula is C15H22BrNO2. The number of ether oxygens (including phenoxy) is 2. The van der Waals surface area contributed by atoms with Crippen LogP contribution in [-0.2, 0) is 15.9 Å². The number of halogens is 1. The third-order valence-corrected chi connectivity index (χ3v) is 4.19. The highest BCUT2D eigenvalue weighted by Crippen LogP contribution is 2.35. The largest absolute Gasteiger partial charge is 0.352 e. The average molecular weight is 328 g/mol. The average Bonchev–Trinajstić information content (AvgIpc) is 2.81. The van der Waals surface area contributed by atoms with Crippen LogP contribution in [0.3, 0.4) is 0 Å². The summed E-state index contributed by atoms with van der Waals surface area (Å²) in [6.07, 6.45) is 2.12. The normalized spacial score (nSPS) is 18.0. The molecule has 1 aliphatic carbocycles. The van der Waals surface area contributed by atoms with Gasteiger partial charge in [0.2, 0.25) is 0 Å². The summed E-state index contributed by atoms with van der Waals surface area (Å²) in [5.74, 6) is 0. The first-order valence-corrected chi connectivity index (χ1v) is 7.79. The third-order valence-electron chi connectivity index (χ3n) is 3.45. The van der Waals surface area contributed by atoms with Crippen LogP contribution in [0.5, 0.6) is 0 Å². The number of rotatable bonds is 7. The van der Waals surface area contributed by atoms with Gasteiger partial charge in [0.15, 0.2) is 6.29 Å². The van der Waals surface area contributed by atoms with Crippen molar-refractivity contribution in [2.45, 2.75) is 39.0 Å². The van der Waals surface area contributed by atoms with E-state index in [0.717, 1.165) is 19.4 Å². The molecule has 0 aliphatic heterocycles. The molecule has 0 heterocycles. The zero-order valence-corrected chi connectivity index (χ0v) is 13.2. The summed E-state index contributed by atoms with van der Waals surface area (Å²) >= 11 is 3.63. The summed E-state index contributed by atoms with van der Waals surface area (Å²) in [4.78, 5) is 0. The van der Waals surface area contributed by atoms with Crippen molar-refractivity contribution in [3.05, 3.63) is 33.8 Å². The predicted octanol–water partition coefficient (Wildman–Crippen LogP) is 3.43. The van der Waals surface area contributed by atoms with Crippen LogP contribution < -0.4 is 5.32 Å². The summed E-state index contributed by atoms with van der Waals surface area (Å²) in [6.45, 7) is 6.08. The molecule has 1 N–H and O–H groups in total. The maximum atomic E-state index is 5.56. The lowest BCUT2D eigenvalue weighted by Crippen LogP contribution is -2.33. The minimum Gasteiger partial charge on any atom is -0.352 e. The topological polar surface area (TPSA) is 30.5 Å². The minimum absolute atomic E-state index is 0.147. The molecule has 0 aromatic heterocycles. The number of nitrogens with one attached hydrogen (secondary N) is 1. The van der Waals surface area contributed by atoms with Crippen molar-refractivity contribution in [2.24, 2.45) is 0 Å². The van der Waals surface area contributed by atoms with Crippen LogP contribution in [0.1, 0.15) is 37.4 Å². The molecule has 2 rings (SSSR count). The molecule has 1 aliphatic rings. The fourth-order valence-corrected chi connectivity index (χ4v) is 3.18. The van der Waals surface area contributed by atoms with Gasteiger partial charge in [-0.15, -0.1) is 0 Å². The highest BCUT2D eigenvalue weighted by Gasteiger charge is 2.24. The Morgan fingerprint density at radius 2 is 2.05 bits per heavy atom. The zero-order chi connectivity index (χ0) is 13.7. The molecule has 0 saturated heterocycles. The number of hydrogen-bond acceptors (Lipinski definition) is 3. The van der Waals surface area contributed by atoms with Crippen LogP contribution >= 0.6 is 15.9 Å². The molecule has 19 heavy (non-hydrogen) atoms. The maximum absolute atomic E-state index is 5.56. The molecule has 1 aromatic rings. The molecule has 0 radical (unpaired) electrons. The Hall–Kier alpha value is -0.420. The molecule has 106 valence electrons. The van der Waals surface area contributed by atoms with Crippen LogP contribution in [0.15, 0.2) is 22.7 Å². The van der Waals surface area contributed by atoms with Gasteiger partial charge in [-0.05, 0) is 43.9 Å². The van der Waals surface area contributed by atoms with E-state index in [2.05, 4.69) is 39.4 Å². The molecule has 3 nitrogen and oxygen atoms in total. The Morgan fingerprint density at radius 1 is 1.32 bits per heavy atom. The second-order valence-corrected chi connectivity index (χ2v) is 5.50. The van der Waals surface area contributed by atoms with Gasteiger partial charge in [-0.3, -0.25) is 0 Å². The van der Waals surface area contributed by atoms with Gasteiger partial charge in [0.1, 0.15) is 0 Å². The lowest BCUT2D eigenvalue weighted by molar-refractivity contribution is -0.133. The van der Waals surface area contributed by atoms with E-state index < -0.39 is 0 Å². The van der Waals surface area contributed by atoms with Crippen molar-refractivity contribution >= 4 is 15.9 Å². The first-order valence-electron chi connectivity index (χ1n) is 7.00. The van der Waals surface area contributed by atoms with Gasteiger partial charge in [-0.25, -0.2) is 0 Å². The Bertz CT molecular complexity index is 405. The first-order chi connectivity index (χ1) is 9.26. The molecule has 1 atom stereocenters. The van der Waals surface area contributed by atoms with Gasteiger partial charge < -0.3 is 14.8 Å². The Labute approximate surface area is 123 Å². The van der Waals surface area contributed by atoms with Crippen LogP contribution in [0.4, 0.5) is 0 Å². The van der Waals surface area contributed by atoms with Crippen LogP contribution in [0.25, 0.3) is 0 Å². The Balaban J connectivity index is 1.93. The third kappa shape index (κ3) is 3.78. The fourth-order valence-electron chi connectivity index (χ4n) is 2.60. The summed E-state index contributed by atoms with van der Waals surface area (Å²) < 4.78 is 12.3. The molecule has 1 unspecified atom stereocenters. The van der Waals surface area contributed by atoms with Crippen molar-refractivity contribution in [2.75, 3.05) is 19.8 Å². The van der Waals surface area contributed by atoms with Gasteiger partial charge in [0.05, 0.1) is 0 Å². The Kier molecular flexibility index (Phi) is 5.82. The van der Waals surface area contributed by atoms with Crippen molar-refractivity contribution in [3.63, 3.8) is 0 Å². The van der Waals surface area contributed by atoms with Crippen LogP contribution in [0, 0.1) is 0 Å². The smallest absolute Gasteiger partial charge is 0.169 e. The van der Waals surface area contributed by atoms with E-state index in [1.165, 1.54) is 15.6 Å². The van der Waals surface area contributed by atoms with Gasteiger partial charge in [0, 0.05) is 30.3 Å².